The summed E-state index contributed by atoms with van der Waals surface area (Å²) in [5.74, 6) is -6.39. The van der Waals surface area contributed by atoms with E-state index in [1.807, 2.05) is 0 Å². The lowest BCUT2D eigenvalue weighted by molar-refractivity contribution is -0.272. The summed E-state index contributed by atoms with van der Waals surface area (Å²) in [4.78, 5) is 21.9. The highest BCUT2D eigenvalue weighted by Crippen LogP contribution is 2.38. The van der Waals surface area contributed by atoms with Gasteiger partial charge in [-0.1, -0.05) is 0 Å². The molecule has 1 saturated heterocycles. The van der Waals surface area contributed by atoms with Gasteiger partial charge < -0.3 is 41.7 Å². The third kappa shape index (κ3) is 1.58. The number of amides is 2. The molecule has 2 amide bonds. The molecule has 1 aliphatic heterocycles. The summed E-state index contributed by atoms with van der Waals surface area (Å²) in [6, 6.07) is 0. The van der Waals surface area contributed by atoms with Gasteiger partial charge in [0.1, 0.15) is 12.2 Å². The van der Waals surface area contributed by atoms with E-state index in [1.54, 1.807) is 0 Å². The van der Waals surface area contributed by atoms with Crippen molar-refractivity contribution >= 4 is 11.8 Å². The van der Waals surface area contributed by atoms with Crippen molar-refractivity contribution in [3.63, 3.8) is 0 Å². The van der Waals surface area contributed by atoms with Crippen LogP contribution in [-0.4, -0.2) is 67.2 Å². The number of aliphatic hydroxyl groups is 5. The monoisotopic (exact) mass is 252 g/mol. The Balaban J connectivity index is 3.31. The van der Waals surface area contributed by atoms with Gasteiger partial charge in [-0.15, -0.1) is 0 Å². The average molecular weight is 252 g/mol. The van der Waals surface area contributed by atoms with E-state index in [0.29, 0.717) is 0 Å². The number of hydrogen-bond donors (Lipinski definition) is 7. The average Bonchev–Trinajstić information content (AvgIpc) is 2.41. The predicted molar refractivity (Wildman–Crippen MR) is 47.4 cm³/mol. The van der Waals surface area contributed by atoms with E-state index in [-0.39, 0.29) is 0 Å². The van der Waals surface area contributed by atoms with Crippen molar-refractivity contribution in [3.8, 4) is 0 Å². The Morgan fingerprint density at radius 1 is 1.12 bits per heavy atom. The second kappa shape index (κ2) is 3.87. The van der Waals surface area contributed by atoms with Gasteiger partial charge in [-0.2, -0.15) is 0 Å². The summed E-state index contributed by atoms with van der Waals surface area (Å²) in [7, 11) is 0. The van der Waals surface area contributed by atoms with Gasteiger partial charge in [0, 0.05) is 0 Å². The minimum atomic E-state index is -3.15. The zero-order valence-corrected chi connectivity index (χ0v) is 8.35. The molecule has 0 bridgehead atoms. The van der Waals surface area contributed by atoms with Crippen LogP contribution in [0.4, 0.5) is 0 Å². The fraction of sp³-hybridized carbons (Fsp3) is 0.714. The Kier molecular flexibility index (Phi) is 3.13. The lowest BCUT2D eigenvalue weighted by Crippen LogP contribution is -2.61. The van der Waals surface area contributed by atoms with Crippen molar-refractivity contribution < 1.29 is 39.9 Å². The fourth-order valence-corrected chi connectivity index (χ4v) is 1.55. The Morgan fingerprint density at radius 2 is 1.59 bits per heavy atom. The number of ether oxygens (including phenoxy) is 1. The molecular formula is C7H12N2O8. The van der Waals surface area contributed by atoms with Crippen molar-refractivity contribution in [2.24, 2.45) is 11.5 Å². The summed E-state index contributed by atoms with van der Waals surface area (Å²) in [6.45, 7) is 0. The van der Waals surface area contributed by atoms with Crippen LogP contribution in [0.1, 0.15) is 0 Å². The van der Waals surface area contributed by atoms with Crippen LogP contribution in [0.15, 0.2) is 0 Å². The number of aliphatic hydroxyl groups excluding tert-OH is 3. The van der Waals surface area contributed by atoms with Crippen LogP contribution in [0.5, 0.6) is 0 Å². The minimum absolute atomic E-state index is 1.60. The quantitative estimate of drug-likeness (QED) is 0.241. The standard InChI is InChI=1S/C7H12N2O8/c8-3(12)6(5(14)15)1(10)2(11)7(16,17-6)4(9)13/h1-2,5,10-11,14-16H,(H2,8,12)(H2,9,13)/t1-,2+,6+,7+/m0/s1. The molecule has 0 aromatic carbocycles. The lowest BCUT2D eigenvalue weighted by atomic mass is 9.92. The number of primary amides is 2. The molecule has 0 unspecified atom stereocenters. The molecule has 1 heterocycles. The molecule has 98 valence electrons. The van der Waals surface area contributed by atoms with E-state index >= 15 is 0 Å². The van der Waals surface area contributed by atoms with Crippen molar-refractivity contribution in [2.75, 3.05) is 0 Å². The van der Waals surface area contributed by atoms with Crippen LogP contribution in [-0.2, 0) is 14.3 Å². The molecule has 0 aliphatic carbocycles. The first-order valence-corrected chi connectivity index (χ1v) is 4.35. The summed E-state index contributed by atoms with van der Waals surface area (Å²) in [5, 5.41) is 46.3. The third-order valence-corrected chi connectivity index (χ3v) is 2.59. The molecule has 17 heavy (non-hydrogen) atoms. The molecule has 0 radical (unpaired) electrons. The molecule has 9 N–H and O–H groups in total. The summed E-state index contributed by atoms with van der Waals surface area (Å²) in [6.07, 6.45) is -7.40. The minimum Gasteiger partial charge on any atom is -0.386 e. The van der Waals surface area contributed by atoms with Crippen LogP contribution in [0, 0.1) is 0 Å². The molecule has 4 atom stereocenters. The van der Waals surface area contributed by atoms with Gasteiger partial charge in [-0.3, -0.25) is 9.59 Å². The van der Waals surface area contributed by atoms with Crippen molar-refractivity contribution in [2.45, 2.75) is 29.9 Å². The highest BCUT2D eigenvalue weighted by molar-refractivity contribution is 5.89. The first-order chi connectivity index (χ1) is 7.60. The highest BCUT2D eigenvalue weighted by atomic mass is 16.7. The molecule has 0 saturated carbocycles. The summed E-state index contributed by atoms with van der Waals surface area (Å²) < 4.78 is 4.35. The Hall–Kier alpha value is -1.30. The predicted octanol–water partition coefficient (Wildman–Crippen LogP) is -5.55. The van der Waals surface area contributed by atoms with Crippen LogP contribution in [0.3, 0.4) is 0 Å². The Labute approximate surface area is 94.0 Å². The van der Waals surface area contributed by atoms with Gasteiger partial charge in [0.15, 0.2) is 6.29 Å². The Bertz CT molecular complexity index is 360. The van der Waals surface area contributed by atoms with Gasteiger partial charge in [0.25, 0.3) is 17.6 Å². The topological polar surface area (TPSA) is 197 Å². The van der Waals surface area contributed by atoms with Gasteiger partial charge in [-0.05, 0) is 0 Å². The van der Waals surface area contributed by atoms with Gasteiger partial charge in [0.2, 0.25) is 5.60 Å². The number of hydrogen-bond acceptors (Lipinski definition) is 8. The largest absolute Gasteiger partial charge is 0.386 e. The second-order valence-corrected chi connectivity index (χ2v) is 3.58. The highest BCUT2D eigenvalue weighted by Gasteiger charge is 2.70. The zero-order valence-electron chi connectivity index (χ0n) is 8.35. The van der Waals surface area contributed by atoms with E-state index in [9.17, 15) is 24.9 Å². The van der Waals surface area contributed by atoms with Crippen LogP contribution < -0.4 is 11.5 Å². The van der Waals surface area contributed by atoms with E-state index in [2.05, 4.69) is 4.74 Å². The molecule has 10 heteroatoms. The van der Waals surface area contributed by atoms with Gasteiger partial charge in [0.05, 0.1) is 0 Å². The normalized spacial score (nSPS) is 41.8. The second-order valence-electron chi connectivity index (χ2n) is 3.58. The van der Waals surface area contributed by atoms with Gasteiger partial charge >= 0.3 is 0 Å². The Morgan fingerprint density at radius 3 is 1.76 bits per heavy atom. The first-order valence-electron chi connectivity index (χ1n) is 4.35. The lowest BCUT2D eigenvalue weighted by Gasteiger charge is -2.30. The number of rotatable bonds is 3. The molecule has 1 rings (SSSR count). The fourth-order valence-electron chi connectivity index (χ4n) is 1.55. The maximum atomic E-state index is 11.1. The molecule has 0 aromatic rings. The number of nitrogens with two attached hydrogens (primary N) is 2. The van der Waals surface area contributed by atoms with Crippen molar-refractivity contribution in [3.05, 3.63) is 0 Å². The molecular weight excluding hydrogens is 240 g/mol. The SMILES string of the molecule is NC(=O)[C@]1(O)O[C@](C(N)=O)(C(O)O)[C@@H](O)[C@H]1O. The zero-order chi connectivity index (χ0) is 13.6. The van der Waals surface area contributed by atoms with E-state index in [0.717, 1.165) is 0 Å². The molecule has 0 spiro atoms. The number of carbonyl (C=O) groups excluding carboxylic acids is 2. The van der Waals surface area contributed by atoms with E-state index in [1.165, 1.54) is 0 Å². The van der Waals surface area contributed by atoms with Crippen molar-refractivity contribution in [1.29, 1.82) is 0 Å². The molecule has 1 aliphatic rings. The van der Waals surface area contributed by atoms with Crippen LogP contribution in [0.2, 0.25) is 0 Å². The van der Waals surface area contributed by atoms with E-state index in [4.69, 9.17) is 21.7 Å². The molecule has 0 aromatic heterocycles. The number of carbonyl (C=O) groups is 2. The maximum Gasteiger partial charge on any atom is 0.280 e. The van der Waals surface area contributed by atoms with Crippen LogP contribution in [0.25, 0.3) is 0 Å². The smallest absolute Gasteiger partial charge is 0.280 e. The maximum absolute atomic E-state index is 11.1. The molecule has 1 fully saturated rings. The molecule has 10 nitrogen and oxygen atoms in total. The third-order valence-electron chi connectivity index (χ3n) is 2.59. The van der Waals surface area contributed by atoms with Gasteiger partial charge in [-0.25, -0.2) is 0 Å². The van der Waals surface area contributed by atoms with E-state index < -0.39 is 41.7 Å². The first kappa shape index (κ1) is 13.8. The van der Waals surface area contributed by atoms with Crippen LogP contribution >= 0.6 is 0 Å². The van der Waals surface area contributed by atoms with Crippen molar-refractivity contribution in [1.82, 2.24) is 0 Å². The summed E-state index contributed by atoms with van der Waals surface area (Å²) in [5.41, 5.74) is 6.54. The summed E-state index contributed by atoms with van der Waals surface area (Å²) >= 11 is 0.